The van der Waals surface area contributed by atoms with Crippen molar-refractivity contribution < 1.29 is 17.9 Å². The molecule has 3 heterocycles. The molecule has 0 radical (unpaired) electrons. The number of amides is 1. The Kier molecular flexibility index (Phi) is 7.11. The third-order valence-electron chi connectivity index (χ3n) is 5.09. The number of aromatic nitrogens is 2. The fraction of sp³-hybridized carbons (Fsp3) is 0.381. The summed E-state index contributed by atoms with van der Waals surface area (Å²) in [5.41, 5.74) is 1.08. The Labute approximate surface area is 195 Å². The molecule has 1 saturated heterocycles. The Bertz CT molecular complexity index is 1240. The largest absolute Gasteiger partial charge is 0.379 e. The number of fused-ring (bicyclic) bond motifs is 1. The topological polar surface area (TPSA) is 101 Å². The van der Waals surface area contributed by atoms with E-state index in [1.807, 2.05) is 0 Å². The van der Waals surface area contributed by atoms with Crippen LogP contribution in [-0.4, -0.2) is 60.7 Å². The first-order valence-electron chi connectivity index (χ1n) is 10.2. The fourth-order valence-corrected chi connectivity index (χ4v) is 6.82. The van der Waals surface area contributed by atoms with Gasteiger partial charge in [0.1, 0.15) is 16.2 Å². The zero-order valence-electron chi connectivity index (χ0n) is 17.8. The highest BCUT2D eigenvalue weighted by Crippen LogP contribution is 2.31. The van der Waals surface area contributed by atoms with Gasteiger partial charge in [-0.25, -0.2) is 18.4 Å². The average molecular weight is 493 g/mol. The molecule has 0 spiro atoms. The summed E-state index contributed by atoms with van der Waals surface area (Å²) in [5, 5.41) is 4.54. The SMILES string of the molecule is CCc1cc2c(SCC(=O)Nc3ccc(C)c(S(=O)(=O)N4CCOCC4)c3)ncnc2s1. The summed E-state index contributed by atoms with van der Waals surface area (Å²) in [6.07, 6.45) is 2.44. The highest BCUT2D eigenvalue weighted by atomic mass is 32.2. The van der Waals surface area contributed by atoms with E-state index in [0.29, 0.717) is 37.6 Å². The normalized spacial score (nSPS) is 15.2. The molecule has 0 bridgehead atoms. The van der Waals surface area contributed by atoms with Gasteiger partial charge in [0, 0.05) is 29.0 Å². The van der Waals surface area contributed by atoms with Gasteiger partial charge in [0.05, 0.1) is 23.9 Å². The molecule has 0 unspecified atom stereocenters. The summed E-state index contributed by atoms with van der Waals surface area (Å²) < 4.78 is 32.8. The number of carbonyl (C=O) groups is 1. The number of anilines is 1. The quantitative estimate of drug-likeness (QED) is 0.399. The minimum Gasteiger partial charge on any atom is -0.379 e. The van der Waals surface area contributed by atoms with Gasteiger partial charge in [0.15, 0.2) is 0 Å². The van der Waals surface area contributed by atoms with Gasteiger partial charge >= 0.3 is 0 Å². The van der Waals surface area contributed by atoms with E-state index in [1.165, 1.54) is 33.3 Å². The minimum atomic E-state index is -3.65. The van der Waals surface area contributed by atoms with Gasteiger partial charge in [0.2, 0.25) is 15.9 Å². The molecule has 2 aromatic heterocycles. The number of carbonyl (C=O) groups excluding carboxylic acids is 1. The van der Waals surface area contributed by atoms with Crippen molar-refractivity contribution in [3.05, 3.63) is 41.0 Å². The van der Waals surface area contributed by atoms with Crippen molar-refractivity contribution in [2.45, 2.75) is 30.2 Å². The number of rotatable bonds is 7. The molecule has 4 rings (SSSR count). The predicted molar refractivity (Wildman–Crippen MR) is 127 cm³/mol. The number of nitrogens with zero attached hydrogens (tertiary/aromatic N) is 3. The minimum absolute atomic E-state index is 0.156. The van der Waals surface area contributed by atoms with Crippen LogP contribution in [0.4, 0.5) is 5.69 Å². The van der Waals surface area contributed by atoms with E-state index in [0.717, 1.165) is 21.7 Å². The molecule has 1 amide bonds. The molecular formula is C21H24N4O4S3. The van der Waals surface area contributed by atoms with Crippen LogP contribution in [0.25, 0.3) is 10.2 Å². The first-order valence-corrected chi connectivity index (χ1v) is 13.5. The summed E-state index contributed by atoms with van der Waals surface area (Å²) in [6.45, 7) is 5.25. The Balaban J connectivity index is 1.46. The Morgan fingerprint density at radius 1 is 1.25 bits per heavy atom. The second-order valence-electron chi connectivity index (χ2n) is 7.30. The monoisotopic (exact) mass is 492 g/mol. The molecular weight excluding hydrogens is 468 g/mol. The van der Waals surface area contributed by atoms with Crippen LogP contribution in [0, 0.1) is 6.92 Å². The fourth-order valence-electron chi connectivity index (χ4n) is 3.39. The number of aryl methyl sites for hydroxylation is 2. The Morgan fingerprint density at radius 3 is 2.78 bits per heavy atom. The lowest BCUT2D eigenvalue weighted by atomic mass is 10.2. The standard InChI is InChI=1S/C21H24N4O4S3/c1-3-16-11-17-20(22-13-23-21(17)31-16)30-12-19(26)24-15-5-4-14(2)18(10-15)32(27,28)25-6-8-29-9-7-25/h4-5,10-11,13H,3,6-9,12H2,1-2H3,(H,24,26). The van der Waals surface area contributed by atoms with Crippen LogP contribution in [0.3, 0.4) is 0 Å². The third-order valence-corrected chi connectivity index (χ3v) is 9.33. The second kappa shape index (κ2) is 9.84. The average Bonchev–Trinajstić information content (AvgIpc) is 3.23. The Morgan fingerprint density at radius 2 is 2.03 bits per heavy atom. The van der Waals surface area contributed by atoms with Gasteiger partial charge in [-0.15, -0.1) is 11.3 Å². The molecule has 1 N–H and O–H groups in total. The molecule has 170 valence electrons. The predicted octanol–water partition coefficient (Wildman–Crippen LogP) is 3.31. The first-order chi connectivity index (χ1) is 15.4. The van der Waals surface area contributed by atoms with Crippen molar-refractivity contribution in [1.82, 2.24) is 14.3 Å². The van der Waals surface area contributed by atoms with Crippen LogP contribution in [0.5, 0.6) is 0 Å². The van der Waals surface area contributed by atoms with E-state index in [9.17, 15) is 13.2 Å². The van der Waals surface area contributed by atoms with Crippen LogP contribution in [-0.2, 0) is 26.0 Å². The van der Waals surface area contributed by atoms with Gasteiger partial charge in [-0.05, 0) is 37.1 Å². The van der Waals surface area contributed by atoms with Crippen LogP contribution >= 0.6 is 23.1 Å². The summed E-state index contributed by atoms with van der Waals surface area (Å²) in [4.78, 5) is 23.6. The van der Waals surface area contributed by atoms with Gasteiger partial charge in [-0.3, -0.25) is 4.79 Å². The lowest BCUT2D eigenvalue weighted by Crippen LogP contribution is -2.40. The maximum atomic E-state index is 13.0. The maximum absolute atomic E-state index is 13.0. The van der Waals surface area contributed by atoms with E-state index < -0.39 is 10.0 Å². The molecule has 0 atom stereocenters. The van der Waals surface area contributed by atoms with Crippen molar-refractivity contribution in [1.29, 1.82) is 0 Å². The van der Waals surface area contributed by atoms with Crippen LogP contribution < -0.4 is 5.32 Å². The highest BCUT2D eigenvalue weighted by molar-refractivity contribution is 8.00. The van der Waals surface area contributed by atoms with E-state index in [2.05, 4.69) is 28.3 Å². The molecule has 1 fully saturated rings. The van der Waals surface area contributed by atoms with Crippen molar-refractivity contribution in [3.63, 3.8) is 0 Å². The van der Waals surface area contributed by atoms with Crippen molar-refractivity contribution >= 4 is 54.9 Å². The van der Waals surface area contributed by atoms with Gasteiger partial charge in [-0.1, -0.05) is 24.8 Å². The molecule has 0 saturated carbocycles. The third kappa shape index (κ3) is 4.96. The highest BCUT2D eigenvalue weighted by Gasteiger charge is 2.28. The van der Waals surface area contributed by atoms with Crippen molar-refractivity contribution in [2.24, 2.45) is 0 Å². The number of thiophene rings is 1. The van der Waals surface area contributed by atoms with Gasteiger partial charge < -0.3 is 10.1 Å². The van der Waals surface area contributed by atoms with Crippen LogP contribution in [0.1, 0.15) is 17.4 Å². The molecule has 1 aliphatic rings. The van der Waals surface area contributed by atoms with E-state index in [4.69, 9.17) is 4.74 Å². The van der Waals surface area contributed by atoms with Crippen molar-refractivity contribution in [3.8, 4) is 0 Å². The van der Waals surface area contributed by atoms with Gasteiger partial charge in [0.25, 0.3) is 0 Å². The number of morpholine rings is 1. The lowest BCUT2D eigenvalue weighted by Gasteiger charge is -2.26. The van der Waals surface area contributed by atoms with Crippen molar-refractivity contribution in [2.75, 3.05) is 37.4 Å². The molecule has 1 aliphatic heterocycles. The number of nitrogens with one attached hydrogen (secondary N) is 1. The van der Waals surface area contributed by atoms with Gasteiger partial charge in [-0.2, -0.15) is 4.31 Å². The summed E-state index contributed by atoms with van der Waals surface area (Å²) in [5.74, 6) is -0.0747. The van der Waals surface area contributed by atoms with Crippen LogP contribution in [0.15, 0.2) is 40.5 Å². The number of benzene rings is 1. The lowest BCUT2D eigenvalue weighted by molar-refractivity contribution is -0.113. The number of hydrogen-bond acceptors (Lipinski definition) is 8. The second-order valence-corrected chi connectivity index (χ2v) is 11.3. The van der Waals surface area contributed by atoms with E-state index in [1.54, 1.807) is 30.4 Å². The molecule has 0 aliphatic carbocycles. The number of hydrogen-bond donors (Lipinski definition) is 1. The zero-order valence-corrected chi connectivity index (χ0v) is 20.3. The molecule has 1 aromatic carbocycles. The Hall–Kier alpha value is -2.05. The zero-order chi connectivity index (χ0) is 22.7. The smallest absolute Gasteiger partial charge is 0.243 e. The maximum Gasteiger partial charge on any atom is 0.243 e. The number of ether oxygens (including phenoxy) is 1. The summed E-state index contributed by atoms with van der Waals surface area (Å²) in [7, 11) is -3.65. The van der Waals surface area contributed by atoms with Crippen LogP contribution in [0.2, 0.25) is 0 Å². The number of sulfonamides is 1. The van der Waals surface area contributed by atoms with E-state index >= 15 is 0 Å². The molecule has 11 heteroatoms. The summed E-state index contributed by atoms with van der Waals surface area (Å²) in [6, 6.07) is 7.02. The summed E-state index contributed by atoms with van der Waals surface area (Å²) >= 11 is 2.97. The molecule has 3 aromatic rings. The number of thioether (sulfide) groups is 1. The van der Waals surface area contributed by atoms with E-state index in [-0.39, 0.29) is 16.6 Å². The molecule has 8 nitrogen and oxygen atoms in total. The first kappa shape index (κ1) is 23.1. The molecule has 32 heavy (non-hydrogen) atoms.